The van der Waals surface area contributed by atoms with Crippen LogP contribution < -0.4 is 9.47 Å². The van der Waals surface area contributed by atoms with Gasteiger partial charge in [-0.2, -0.15) is 0 Å². The fourth-order valence-corrected chi connectivity index (χ4v) is 4.58. The standard InChI is InChI=1S/C28H34N2O6/c1-3-4-16-36-22-11-10-21(19-23(22)34-2)25-24(26(31)20-8-6-5-7-9-20)27(32)28(33)30(25)13-12-29-14-17-35-18-15-29/h5-11,19,25,31H,3-4,12-18H2,1-2H3. The predicted octanol–water partition coefficient (Wildman–Crippen LogP) is 3.63. The van der Waals surface area contributed by atoms with Crippen LogP contribution in [0.3, 0.4) is 0 Å². The predicted molar refractivity (Wildman–Crippen MR) is 136 cm³/mol. The van der Waals surface area contributed by atoms with Crippen molar-refractivity contribution in [3.05, 3.63) is 65.2 Å². The summed E-state index contributed by atoms with van der Waals surface area (Å²) in [5, 5.41) is 11.2. The molecule has 0 saturated carbocycles. The number of carbonyl (C=O) groups excluding carboxylic acids is 2. The van der Waals surface area contributed by atoms with Crippen LogP contribution in [0.15, 0.2) is 54.1 Å². The molecule has 8 nitrogen and oxygen atoms in total. The Bertz CT molecular complexity index is 1090. The zero-order chi connectivity index (χ0) is 25.5. The number of hydrogen-bond acceptors (Lipinski definition) is 7. The lowest BCUT2D eigenvalue weighted by atomic mass is 9.95. The average Bonchev–Trinajstić information content (AvgIpc) is 3.17. The van der Waals surface area contributed by atoms with Crippen LogP contribution in [0.4, 0.5) is 0 Å². The molecule has 192 valence electrons. The highest BCUT2D eigenvalue weighted by atomic mass is 16.5. The van der Waals surface area contributed by atoms with Gasteiger partial charge in [0.25, 0.3) is 11.7 Å². The van der Waals surface area contributed by atoms with Crippen LogP contribution in [0.1, 0.15) is 36.9 Å². The lowest BCUT2D eigenvalue weighted by Gasteiger charge is -2.31. The first kappa shape index (κ1) is 25.7. The van der Waals surface area contributed by atoms with Gasteiger partial charge in [0.15, 0.2) is 11.5 Å². The van der Waals surface area contributed by atoms with Crippen molar-refractivity contribution in [1.82, 2.24) is 9.80 Å². The normalized spacial score (nSPS) is 20.1. The Balaban J connectivity index is 1.72. The van der Waals surface area contributed by atoms with Crippen molar-refractivity contribution < 1.29 is 28.9 Å². The van der Waals surface area contributed by atoms with Gasteiger partial charge in [0.05, 0.1) is 38.5 Å². The Hall–Kier alpha value is -3.36. The summed E-state index contributed by atoms with van der Waals surface area (Å²) in [7, 11) is 1.56. The quantitative estimate of drug-likeness (QED) is 0.234. The summed E-state index contributed by atoms with van der Waals surface area (Å²) in [5.41, 5.74) is 1.24. The number of methoxy groups -OCH3 is 1. The summed E-state index contributed by atoms with van der Waals surface area (Å²) in [4.78, 5) is 30.3. The molecule has 1 atom stereocenters. The van der Waals surface area contributed by atoms with E-state index in [2.05, 4.69) is 11.8 Å². The number of benzene rings is 2. The molecule has 0 bridgehead atoms. The lowest BCUT2D eigenvalue weighted by Crippen LogP contribution is -2.42. The van der Waals surface area contributed by atoms with Gasteiger partial charge < -0.3 is 24.2 Å². The van der Waals surface area contributed by atoms with Gasteiger partial charge >= 0.3 is 0 Å². The molecule has 36 heavy (non-hydrogen) atoms. The number of carbonyl (C=O) groups is 2. The highest BCUT2D eigenvalue weighted by Gasteiger charge is 2.46. The van der Waals surface area contributed by atoms with E-state index in [1.165, 1.54) is 0 Å². The van der Waals surface area contributed by atoms with Gasteiger partial charge in [0, 0.05) is 31.7 Å². The van der Waals surface area contributed by atoms with Crippen LogP contribution in [0.5, 0.6) is 11.5 Å². The Morgan fingerprint density at radius 2 is 1.81 bits per heavy atom. The Kier molecular flexibility index (Phi) is 8.61. The molecule has 2 heterocycles. The van der Waals surface area contributed by atoms with Gasteiger partial charge in [-0.3, -0.25) is 14.5 Å². The minimum absolute atomic E-state index is 0.0786. The molecule has 2 aromatic rings. The second-order valence-electron chi connectivity index (χ2n) is 8.92. The van der Waals surface area contributed by atoms with Crippen LogP contribution in [0.25, 0.3) is 5.76 Å². The van der Waals surface area contributed by atoms with Gasteiger partial charge in [0.1, 0.15) is 5.76 Å². The number of hydrogen-bond donors (Lipinski definition) is 1. The zero-order valence-corrected chi connectivity index (χ0v) is 20.9. The first-order chi connectivity index (χ1) is 17.5. The summed E-state index contributed by atoms with van der Waals surface area (Å²) >= 11 is 0. The lowest BCUT2D eigenvalue weighted by molar-refractivity contribution is -0.140. The van der Waals surface area contributed by atoms with E-state index < -0.39 is 17.7 Å². The van der Waals surface area contributed by atoms with Gasteiger partial charge in [-0.25, -0.2) is 0 Å². The Morgan fingerprint density at radius 3 is 2.50 bits per heavy atom. The number of likely N-dealkylation sites (tertiary alicyclic amines) is 1. The topological polar surface area (TPSA) is 88.5 Å². The molecule has 2 aromatic carbocycles. The molecule has 0 radical (unpaired) electrons. The van der Waals surface area contributed by atoms with Gasteiger partial charge in [-0.1, -0.05) is 49.7 Å². The number of Topliss-reactive ketones (excluding diaryl/α,β-unsaturated/α-hetero) is 1. The van der Waals surface area contributed by atoms with Crippen molar-refractivity contribution in [2.45, 2.75) is 25.8 Å². The zero-order valence-electron chi connectivity index (χ0n) is 20.9. The highest BCUT2D eigenvalue weighted by molar-refractivity contribution is 6.46. The maximum atomic E-state index is 13.3. The number of unbranched alkanes of at least 4 members (excludes halogenated alkanes) is 1. The average molecular weight is 495 g/mol. The number of morpholine rings is 1. The number of nitrogens with zero attached hydrogens (tertiary/aromatic N) is 2. The van der Waals surface area contributed by atoms with Crippen molar-refractivity contribution in [3.8, 4) is 11.5 Å². The summed E-state index contributed by atoms with van der Waals surface area (Å²) in [6, 6.07) is 13.5. The molecule has 2 aliphatic rings. The molecule has 0 aliphatic carbocycles. The number of aliphatic hydroxyl groups is 1. The van der Waals surface area contributed by atoms with E-state index in [0.29, 0.717) is 55.5 Å². The van der Waals surface area contributed by atoms with Crippen molar-refractivity contribution in [1.29, 1.82) is 0 Å². The molecule has 0 aromatic heterocycles. The van der Waals surface area contributed by atoms with Crippen molar-refractivity contribution in [2.75, 3.05) is 53.1 Å². The first-order valence-corrected chi connectivity index (χ1v) is 12.5. The first-order valence-electron chi connectivity index (χ1n) is 12.5. The van der Waals surface area contributed by atoms with Crippen LogP contribution in [0, 0.1) is 0 Å². The third kappa shape index (κ3) is 5.55. The van der Waals surface area contributed by atoms with Gasteiger partial charge in [0.2, 0.25) is 0 Å². The number of ketones is 1. The number of ether oxygens (including phenoxy) is 3. The van der Waals surface area contributed by atoms with Crippen LogP contribution in [-0.4, -0.2) is 79.7 Å². The van der Waals surface area contributed by atoms with Crippen molar-refractivity contribution in [2.24, 2.45) is 0 Å². The van der Waals surface area contributed by atoms with E-state index in [4.69, 9.17) is 14.2 Å². The summed E-state index contributed by atoms with van der Waals surface area (Å²) in [6.45, 7) is 6.45. The van der Waals surface area contributed by atoms with E-state index in [0.717, 1.165) is 25.9 Å². The summed E-state index contributed by atoms with van der Waals surface area (Å²) < 4.78 is 16.9. The molecule has 4 rings (SSSR count). The number of amides is 1. The number of rotatable bonds is 10. The molecule has 8 heteroatoms. The highest BCUT2D eigenvalue weighted by Crippen LogP contribution is 2.42. The summed E-state index contributed by atoms with van der Waals surface area (Å²) in [5.74, 6) is -0.376. The SMILES string of the molecule is CCCCOc1ccc(C2C(=C(O)c3ccccc3)C(=O)C(=O)N2CCN2CCOCC2)cc1OC. The molecular weight excluding hydrogens is 460 g/mol. The molecule has 1 amide bonds. The minimum atomic E-state index is -0.746. The molecule has 0 spiro atoms. The van der Waals surface area contributed by atoms with Gasteiger partial charge in [-0.15, -0.1) is 0 Å². The third-order valence-corrected chi connectivity index (χ3v) is 6.61. The Morgan fingerprint density at radius 1 is 1.06 bits per heavy atom. The third-order valence-electron chi connectivity index (χ3n) is 6.61. The van der Waals surface area contributed by atoms with E-state index in [1.807, 2.05) is 12.1 Å². The molecular formula is C28H34N2O6. The Labute approximate surface area is 212 Å². The van der Waals surface area contributed by atoms with E-state index >= 15 is 0 Å². The van der Waals surface area contributed by atoms with Crippen molar-refractivity contribution in [3.63, 3.8) is 0 Å². The second-order valence-corrected chi connectivity index (χ2v) is 8.92. The molecule has 2 fully saturated rings. The number of aliphatic hydroxyl groups excluding tert-OH is 1. The van der Waals surface area contributed by atoms with Gasteiger partial charge in [-0.05, 0) is 24.1 Å². The fraction of sp³-hybridized carbons (Fsp3) is 0.429. The maximum absolute atomic E-state index is 13.3. The van der Waals surface area contributed by atoms with E-state index in [-0.39, 0.29) is 11.3 Å². The van der Waals surface area contributed by atoms with Crippen LogP contribution in [0.2, 0.25) is 0 Å². The van der Waals surface area contributed by atoms with E-state index in [9.17, 15) is 14.7 Å². The molecule has 2 saturated heterocycles. The molecule has 1 unspecified atom stereocenters. The smallest absolute Gasteiger partial charge is 0.295 e. The van der Waals surface area contributed by atoms with Crippen molar-refractivity contribution >= 4 is 17.4 Å². The minimum Gasteiger partial charge on any atom is -0.507 e. The second kappa shape index (κ2) is 12.1. The van der Waals surface area contributed by atoms with Crippen LogP contribution >= 0.6 is 0 Å². The molecule has 2 aliphatic heterocycles. The van der Waals surface area contributed by atoms with Crippen LogP contribution in [-0.2, 0) is 14.3 Å². The summed E-state index contributed by atoms with van der Waals surface area (Å²) in [6.07, 6.45) is 1.93. The van der Waals surface area contributed by atoms with E-state index in [1.54, 1.807) is 48.4 Å². The fourth-order valence-electron chi connectivity index (χ4n) is 4.58. The maximum Gasteiger partial charge on any atom is 0.295 e. The largest absolute Gasteiger partial charge is 0.507 e. The molecule has 1 N–H and O–H groups in total. The monoisotopic (exact) mass is 494 g/mol.